The Kier molecular flexibility index (Phi) is 2.07. The summed E-state index contributed by atoms with van der Waals surface area (Å²) in [5, 5.41) is 5.14. The molecule has 5 heteroatoms. The fourth-order valence-electron chi connectivity index (χ4n) is 2.27. The number of aryl methyl sites for hydroxylation is 1. The molecule has 0 amide bonds. The zero-order chi connectivity index (χ0) is 11.1. The van der Waals surface area contributed by atoms with Gasteiger partial charge in [-0.05, 0) is 19.4 Å². The molecule has 2 aromatic heterocycles. The second-order valence-corrected chi connectivity index (χ2v) is 4.11. The number of nitrogens with one attached hydrogen (secondary N) is 1. The van der Waals surface area contributed by atoms with Crippen LogP contribution in [0.2, 0.25) is 0 Å². The van der Waals surface area contributed by atoms with Gasteiger partial charge in [-0.1, -0.05) is 0 Å². The number of nitrogens with zero attached hydrogens (tertiary/aromatic N) is 2. The van der Waals surface area contributed by atoms with Gasteiger partial charge in [-0.15, -0.1) is 0 Å². The van der Waals surface area contributed by atoms with Crippen LogP contribution in [0.15, 0.2) is 17.1 Å². The third-order valence-electron chi connectivity index (χ3n) is 3.06. The van der Waals surface area contributed by atoms with Crippen molar-refractivity contribution in [3.05, 3.63) is 28.3 Å². The number of hydrogen-bond acceptors (Lipinski definition) is 3. The van der Waals surface area contributed by atoms with Crippen LogP contribution < -0.4 is 5.56 Å². The lowest BCUT2D eigenvalue weighted by Crippen LogP contribution is -2.11. The SMILES string of the molecule is Cc1nn(C2CCOC2)c2cc[nH]c(=O)c12. The quantitative estimate of drug-likeness (QED) is 0.778. The molecular formula is C11H13N3O2. The summed E-state index contributed by atoms with van der Waals surface area (Å²) >= 11 is 0. The van der Waals surface area contributed by atoms with Crippen molar-refractivity contribution in [2.24, 2.45) is 0 Å². The Balaban J connectivity index is 2.26. The summed E-state index contributed by atoms with van der Waals surface area (Å²) in [4.78, 5) is 14.4. The average molecular weight is 219 g/mol. The van der Waals surface area contributed by atoms with Crippen molar-refractivity contribution in [3.63, 3.8) is 0 Å². The molecule has 1 saturated heterocycles. The van der Waals surface area contributed by atoms with Gasteiger partial charge in [0.2, 0.25) is 0 Å². The van der Waals surface area contributed by atoms with Crippen LogP contribution in [0.3, 0.4) is 0 Å². The van der Waals surface area contributed by atoms with Gasteiger partial charge in [-0.25, -0.2) is 0 Å². The predicted octanol–water partition coefficient (Wildman–Crippen LogP) is 0.994. The van der Waals surface area contributed by atoms with Gasteiger partial charge in [0.25, 0.3) is 5.56 Å². The number of fused-ring (bicyclic) bond motifs is 1. The van der Waals surface area contributed by atoms with Gasteiger partial charge >= 0.3 is 0 Å². The van der Waals surface area contributed by atoms with Crippen LogP contribution in [-0.4, -0.2) is 28.0 Å². The lowest BCUT2D eigenvalue weighted by atomic mass is 10.2. The van der Waals surface area contributed by atoms with E-state index in [1.54, 1.807) is 6.20 Å². The zero-order valence-corrected chi connectivity index (χ0v) is 9.06. The zero-order valence-electron chi connectivity index (χ0n) is 9.06. The Morgan fingerprint density at radius 1 is 1.62 bits per heavy atom. The van der Waals surface area contributed by atoms with Crippen LogP contribution in [-0.2, 0) is 4.74 Å². The van der Waals surface area contributed by atoms with Gasteiger partial charge in [0.15, 0.2) is 0 Å². The third kappa shape index (κ3) is 1.28. The maximum Gasteiger partial charge on any atom is 0.259 e. The summed E-state index contributed by atoms with van der Waals surface area (Å²) < 4.78 is 7.28. The smallest absolute Gasteiger partial charge is 0.259 e. The highest BCUT2D eigenvalue weighted by molar-refractivity contribution is 5.80. The number of hydrogen-bond donors (Lipinski definition) is 1. The second-order valence-electron chi connectivity index (χ2n) is 4.11. The van der Waals surface area contributed by atoms with Crippen LogP contribution >= 0.6 is 0 Å². The van der Waals surface area contributed by atoms with Gasteiger partial charge in [0, 0.05) is 12.8 Å². The number of aromatic nitrogens is 3. The largest absolute Gasteiger partial charge is 0.379 e. The van der Waals surface area contributed by atoms with E-state index in [-0.39, 0.29) is 11.6 Å². The van der Waals surface area contributed by atoms with E-state index >= 15 is 0 Å². The van der Waals surface area contributed by atoms with Crippen molar-refractivity contribution in [3.8, 4) is 0 Å². The highest BCUT2D eigenvalue weighted by Crippen LogP contribution is 2.23. The normalized spacial score (nSPS) is 20.7. The molecule has 0 spiro atoms. The van der Waals surface area contributed by atoms with E-state index in [9.17, 15) is 4.79 Å². The molecular weight excluding hydrogens is 206 g/mol. The van der Waals surface area contributed by atoms with Gasteiger partial charge in [0.1, 0.15) is 0 Å². The van der Waals surface area contributed by atoms with Crippen molar-refractivity contribution < 1.29 is 4.74 Å². The van der Waals surface area contributed by atoms with Crippen LogP contribution in [0.25, 0.3) is 10.9 Å². The molecule has 5 nitrogen and oxygen atoms in total. The Labute approximate surface area is 92.0 Å². The molecule has 0 aromatic carbocycles. The number of pyridine rings is 1. The Hall–Kier alpha value is -1.62. The molecule has 16 heavy (non-hydrogen) atoms. The first-order chi connectivity index (χ1) is 7.77. The highest BCUT2D eigenvalue weighted by Gasteiger charge is 2.21. The van der Waals surface area contributed by atoms with Gasteiger partial charge in [0.05, 0.1) is 29.2 Å². The molecule has 0 saturated carbocycles. The van der Waals surface area contributed by atoms with Crippen molar-refractivity contribution in [1.29, 1.82) is 0 Å². The molecule has 1 unspecified atom stereocenters. The maximum absolute atomic E-state index is 11.7. The van der Waals surface area contributed by atoms with E-state index in [1.165, 1.54) is 0 Å². The summed E-state index contributed by atoms with van der Waals surface area (Å²) in [5.74, 6) is 0. The van der Waals surface area contributed by atoms with Crippen LogP contribution in [0.5, 0.6) is 0 Å². The maximum atomic E-state index is 11.7. The molecule has 84 valence electrons. The lowest BCUT2D eigenvalue weighted by molar-refractivity contribution is 0.185. The summed E-state index contributed by atoms with van der Waals surface area (Å²) in [5.41, 5.74) is 1.61. The van der Waals surface area contributed by atoms with Crippen LogP contribution in [0, 0.1) is 6.92 Å². The highest BCUT2D eigenvalue weighted by atomic mass is 16.5. The monoisotopic (exact) mass is 219 g/mol. The lowest BCUT2D eigenvalue weighted by Gasteiger charge is -2.09. The minimum Gasteiger partial charge on any atom is -0.379 e. The molecule has 0 aliphatic carbocycles. The topological polar surface area (TPSA) is 59.9 Å². The molecule has 1 fully saturated rings. The average Bonchev–Trinajstić information content (AvgIpc) is 2.86. The summed E-state index contributed by atoms with van der Waals surface area (Å²) in [6, 6.07) is 2.16. The van der Waals surface area contributed by atoms with Crippen molar-refractivity contribution in [2.45, 2.75) is 19.4 Å². The van der Waals surface area contributed by atoms with E-state index in [0.717, 1.165) is 24.2 Å². The molecule has 0 radical (unpaired) electrons. The van der Waals surface area contributed by atoms with Gasteiger partial charge < -0.3 is 9.72 Å². The third-order valence-corrected chi connectivity index (χ3v) is 3.06. The Morgan fingerprint density at radius 3 is 3.25 bits per heavy atom. The molecule has 2 aromatic rings. The Morgan fingerprint density at radius 2 is 2.50 bits per heavy atom. The first kappa shape index (κ1) is 9.59. The number of ether oxygens (including phenoxy) is 1. The molecule has 3 rings (SSSR count). The van der Waals surface area contributed by atoms with Crippen LogP contribution in [0.4, 0.5) is 0 Å². The number of rotatable bonds is 1. The van der Waals surface area contributed by atoms with Crippen LogP contribution in [0.1, 0.15) is 18.2 Å². The fourth-order valence-corrected chi connectivity index (χ4v) is 2.27. The molecule has 0 bridgehead atoms. The standard InChI is InChI=1S/C11H13N3O2/c1-7-10-9(2-4-12-11(10)15)14(13-7)8-3-5-16-6-8/h2,4,8H,3,5-6H2,1H3,(H,12,15). The molecule has 1 N–H and O–H groups in total. The molecule has 1 aliphatic heterocycles. The summed E-state index contributed by atoms with van der Waals surface area (Å²) in [6.07, 6.45) is 2.63. The first-order valence-electron chi connectivity index (χ1n) is 5.41. The number of aromatic amines is 1. The molecule has 1 atom stereocenters. The van der Waals surface area contributed by atoms with Crippen molar-refractivity contribution >= 4 is 10.9 Å². The van der Waals surface area contributed by atoms with E-state index in [2.05, 4.69) is 10.1 Å². The van der Waals surface area contributed by atoms with E-state index in [1.807, 2.05) is 17.7 Å². The predicted molar refractivity (Wildman–Crippen MR) is 59.6 cm³/mol. The second kappa shape index (κ2) is 3.45. The summed E-state index contributed by atoms with van der Waals surface area (Å²) in [6.45, 7) is 3.32. The molecule has 1 aliphatic rings. The van der Waals surface area contributed by atoms with Gasteiger partial charge in [-0.2, -0.15) is 5.10 Å². The van der Waals surface area contributed by atoms with E-state index in [0.29, 0.717) is 12.0 Å². The Bertz CT molecular complexity index is 578. The van der Waals surface area contributed by atoms with E-state index < -0.39 is 0 Å². The first-order valence-corrected chi connectivity index (χ1v) is 5.41. The minimum atomic E-state index is -0.0693. The van der Waals surface area contributed by atoms with Crippen molar-refractivity contribution in [2.75, 3.05) is 13.2 Å². The fraction of sp³-hybridized carbons (Fsp3) is 0.455. The van der Waals surface area contributed by atoms with Crippen molar-refractivity contribution in [1.82, 2.24) is 14.8 Å². The number of H-pyrrole nitrogens is 1. The summed E-state index contributed by atoms with van der Waals surface area (Å²) in [7, 11) is 0. The van der Waals surface area contributed by atoms with E-state index in [4.69, 9.17) is 4.74 Å². The minimum absolute atomic E-state index is 0.0693. The van der Waals surface area contributed by atoms with Gasteiger partial charge in [-0.3, -0.25) is 9.48 Å². The molecule has 3 heterocycles.